The van der Waals surface area contributed by atoms with Crippen LogP contribution in [0.1, 0.15) is 25.6 Å². The van der Waals surface area contributed by atoms with Gasteiger partial charge < -0.3 is 9.47 Å². The van der Waals surface area contributed by atoms with Gasteiger partial charge in [0, 0.05) is 11.1 Å². The van der Waals surface area contributed by atoms with Crippen LogP contribution in [0.5, 0.6) is 11.5 Å². The minimum absolute atomic E-state index is 0.321. The number of rotatable bonds is 6. The van der Waals surface area contributed by atoms with E-state index >= 15 is 0 Å². The fourth-order valence-corrected chi connectivity index (χ4v) is 2.46. The van der Waals surface area contributed by atoms with Gasteiger partial charge >= 0.3 is 5.97 Å². The van der Waals surface area contributed by atoms with Crippen molar-refractivity contribution in [3.63, 3.8) is 0 Å². The number of allylic oxidation sites excluding steroid dienone is 1. The highest BCUT2D eigenvalue weighted by molar-refractivity contribution is 7.12. The second kappa shape index (κ2) is 6.85. The van der Waals surface area contributed by atoms with Crippen molar-refractivity contribution < 1.29 is 19.1 Å². The largest absolute Gasteiger partial charge is 0.493 e. The summed E-state index contributed by atoms with van der Waals surface area (Å²) in [6, 6.07) is 6.66. The van der Waals surface area contributed by atoms with Crippen LogP contribution in [-0.4, -0.2) is 19.4 Å². The van der Waals surface area contributed by atoms with Crippen molar-refractivity contribution >= 4 is 23.6 Å². The first-order valence-corrected chi connectivity index (χ1v) is 7.10. The van der Waals surface area contributed by atoms with Crippen LogP contribution in [-0.2, 0) is 6.42 Å². The molecule has 0 aliphatic heterocycles. The molecule has 0 aliphatic rings. The minimum Gasteiger partial charge on any atom is -0.493 e. The van der Waals surface area contributed by atoms with Crippen LogP contribution < -0.4 is 9.47 Å². The van der Waals surface area contributed by atoms with Crippen LogP contribution in [0.25, 0.3) is 0 Å². The zero-order valence-corrected chi connectivity index (χ0v) is 12.3. The molecule has 0 fully saturated rings. The van der Waals surface area contributed by atoms with Crippen LogP contribution in [0, 0.1) is 0 Å². The summed E-state index contributed by atoms with van der Waals surface area (Å²) in [5, 5.41) is 1.80. The molecule has 2 aromatic rings. The van der Waals surface area contributed by atoms with Gasteiger partial charge in [-0.1, -0.05) is 12.1 Å². The van der Waals surface area contributed by atoms with Crippen LogP contribution in [0.15, 0.2) is 42.3 Å². The Bertz CT molecular complexity index is 659. The molecule has 0 amide bonds. The van der Waals surface area contributed by atoms with Crippen molar-refractivity contribution in [1.29, 1.82) is 0 Å². The molecule has 21 heavy (non-hydrogen) atoms. The summed E-state index contributed by atoms with van der Waals surface area (Å²) in [6.45, 7) is 3.67. The Morgan fingerprint density at radius 2 is 2.24 bits per heavy atom. The van der Waals surface area contributed by atoms with Crippen LogP contribution >= 0.6 is 11.3 Å². The zero-order valence-electron chi connectivity index (χ0n) is 11.5. The monoisotopic (exact) mass is 302 g/mol. The number of hydrogen-bond acceptors (Lipinski definition) is 5. The molecule has 0 atom stereocenters. The molecular weight excluding hydrogens is 288 g/mol. The third-order valence-corrected chi connectivity index (χ3v) is 3.64. The molecule has 0 bridgehead atoms. The minimum atomic E-state index is -0.451. The average molecular weight is 302 g/mol. The molecule has 0 spiro atoms. The highest BCUT2D eigenvalue weighted by Gasteiger charge is 2.17. The van der Waals surface area contributed by atoms with Crippen LogP contribution in [0.2, 0.25) is 0 Å². The van der Waals surface area contributed by atoms with Crippen LogP contribution in [0.3, 0.4) is 0 Å². The summed E-state index contributed by atoms with van der Waals surface area (Å²) in [7, 11) is 1.46. The van der Waals surface area contributed by atoms with E-state index in [-0.39, 0.29) is 0 Å². The lowest BCUT2D eigenvalue weighted by Crippen LogP contribution is -2.09. The maximum Gasteiger partial charge on any atom is 0.353 e. The highest BCUT2D eigenvalue weighted by Crippen LogP contribution is 2.34. The summed E-state index contributed by atoms with van der Waals surface area (Å²) in [4.78, 5) is 23.6. The maximum atomic E-state index is 12.1. The number of thiophene rings is 1. The van der Waals surface area contributed by atoms with E-state index in [0.717, 1.165) is 6.29 Å². The Kier molecular flexibility index (Phi) is 4.90. The lowest BCUT2D eigenvalue weighted by molar-refractivity contribution is 0.0733. The third kappa shape index (κ3) is 3.38. The number of carbonyl (C=O) groups excluding carboxylic acids is 2. The van der Waals surface area contributed by atoms with E-state index < -0.39 is 5.97 Å². The topological polar surface area (TPSA) is 52.6 Å². The Morgan fingerprint density at radius 3 is 2.81 bits per heavy atom. The Balaban J connectivity index is 2.42. The Hall–Kier alpha value is -2.40. The van der Waals surface area contributed by atoms with Gasteiger partial charge in [-0.3, -0.25) is 4.79 Å². The van der Waals surface area contributed by atoms with Gasteiger partial charge in [-0.05, 0) is 30.0 Å². The van der Waals surface area contributed by atoms with E-state index in [1.54, 1.807) is 29.7 Å². The van der Waals surface area contributed by atoms with Crippen molar-refractivity contribution in [1.82, 2.24) is 0 Å². The summed E-state index contributed by atoms with van der Waals surface area (Å²) in [5.41, 5.74) is 1.14. The molecule has 2 rings (SSSR count). The van der Waals surface area contributed by atoms with Crippen molar-refractivity contribution in [3.8, 4) is 11.5 Å². The summed E-state index contributed by atoms with van der Waals surface area (Å²) >= 11 is 1.30. The number of carbonyl (C=O) groups is 2. The zero-order chi connectivity index (χ0) is 15.2. The molecule has 108 valence electrons. The molecule has 1 aromatic carbocycles. The van der Waals surface area contributed by atoms with Crippen molar-refractivity contribution in [2.24, 2.45) is 0 Å². The first kappa shape index (κ1) is 15.0. The maximum absolute atomic E-state index is 12.1. The van der Waals surface area contributed by atoms with Crippen LogP contribution in [0.4, 0.5) is 0 Å². The third-order valence-electron chi connectivity index (χ3n) is 2.79. The van der Waals surface area contributed by atoms with Gasteiger partial charge in [-0.15, -0.1) is 17.9 Å². The number of hydrogen-bond donors (Lipinski definition) is 0. The number of aldehydes is 1. The summed E-state index contributed by atoms with van der Waals surface area (Å²) in [6.07, 6.45) is 2.86. The lowest BCUT2D eigenvalue weighted by atomic mass is 10.1. The molecule has 0 radical (unpaired) electrons. The average Bonchev–Trinajstić information content (AvgIpc) is 3.03. The van der Waals surface area contributed by atoms with Gasteiger partial charge in [-0.2, -0.15) is 0 Å². The Labute approximate surface area is 126 Å². The SMILES string of the molecule is C=CCc1cc(C=O)cc(OC)c1OC(=O)c1cccs1. The quantitative estimate of drug-likeness (QED) is 0.354. The van der Waals surface area contributed by atoms with E-state index in [1.807, 2.05) is 0 Å². The second-order valence-corrected chi connectivity index (χ2v) is 5.14. The molecule has 0 unspecified atom stereocenters. The number of benzene rings is 1. The predicted molar refractivity (Wildman–Crippen MR) is 81.6 cm³/mol. The molecule has 0 saturated carbocycles. The van der Waals surface area contributed by atoms with E-state index in [1.165, 1.54) is 24.5 Å². The number of ether oxygens (including phenoxy) is 2. The number of methoxy groups -OCH3 is 1. The first-order chi connectivity index (χ1) is 10.2. The fourth-order valence-electron chi connectivity index (χ4n) is 1.86. The molecule has 0 N–H and O–H groups in total. The molecule has 1 aromatic heterocycles. The molecule has 0 aliphatic carbocycles. The van der Waals surface area contributed by atoms with E-state index in [4.69, 9.17) is 9.47 Å². The van der Waals surface area contributed by atoms with E-state index in [2.05, 4.69) is 6.58 Å². The van der Waals surface area contributed by atoms with Gasteiger partial charge in [0.15, 0.2) is 11.5 Å². The van der Waals surface area contributed by atoms with Gasteiger partial charge in [0.25, 0.3) is 0 Å². The lowest BCUT2D eigenvalue weighted by Gasteiger charge is -2.13. The van der Waals surface area contributed by atoms with Crippen molar-refractivity contribution in [2.75, 3.05) is 7.11 Å². The van der Waals surface area contributed by atoms with E-state index in [0.29, 0.717) is 33.9 Å². The first-order valence-electron chi connectivity index (χ1n) is 6.22. The predicted octanol–water partition coefficient (Wildman–Crippen LogP) is 3.52. The Morgan fingerprint density at radius 1 is 1.43 bits per heavy atom. The molecule has 5 heteroatoms. The molecular formula is C16H14O4S. The van der Waals surface area contributed by atoms with Gasteiger partial charge in [-0.25, -0.2) is 4.79 Å². The van der Waals surface area contributed by atoms with E-state index in [9.17, 15) is 9.59 Å². The molecule has 4 nitrogen and oxygen atoms in total. The second-order valence-electron chi connectivity index (χ2n) is 4.19. The number of esters is 1. The van der Waals surface area contributed by atoms with Gasteiger partial charge in [0.2, 0.25) is 0 Å². The fraction of sp³-hybridized carbons (Fsp3) is 0.125. The smallest absolute Gasteiger partial charge is 0.353 e. The molecule has 1 heterocycles. The van der Waals surface area contributed by atoms with Gasteiger partial charge in [0.05, 0.1) is 7.11 Å². The van der Waals surface area contributed by atoms with Gasteiger partial charge in [0.1, 0.15) is 11.2 Å². The summed E-state index contributed by atoms with van der Waals surface area (Å²) < 4.78 is 10.7. The summed E-state index contributed by atoms with van der Waals surface area (Å²) in [5.74, 6) is 0.218. The standard InChI is InChI=1S/C16H14O4S/c1-3-5-12-8-11(10-17)9-13(19-2)15(12)20-16(18)14-6-4-7-21-14/h3-4,6-10H,1,5H2,2H3. The molecule has 0 saturated heterocycles. The van der Waals surface area contributed by atoms with Crippen molar-refractivity contribution in [2.45, 2.75) is 6.42 Å². The van der Waals surface area contributed by atoms with Crippen molar-refractivity contribution in [3.05, 3.63) is 58.3 Å². The normalized spacial score (nSPS) is 9.95. The highest BCUT2D eigenvalue weighted by atomic mass is 32.1.